The monoisotopic (exact) mass is 270 g/mol. The zero-order valence-corrected chi connectivity index (χ0v) is 11.8. The second-order valence-electron chi connectivity index (χ2n) is 4.89. The molecule has 2 aromatic heterocycles. The predicted octanol–water partition coefficient (Wildman–Crippen LogP) is 1.93. The molecule has 0 spiro atoms. The van der Waals surface area contributed by atoms with E-state index in [1.807, 2.05) is 24.5 Å². The SMILES string of the molecule is NCCCc1ccc(-c2ccc(CCCN)cn2)nc1. The summed E-state index contributed by atoms with van der Waals surface area (Å²) in [6.45, 7) is 1.43. The highest BCUT2D eigenvalue weighted by molar-refractivity contribution is 5.54. The highest BCUT2D eigenvalue weighted by Crippen LogP contribution is 2.15. The Balaban J connectivity index is 2.03. The van der Waals surface area contributed by atoms with E-state index in [-0.39, 0.29) is 0 Å². The van der Waals surface area contributed by atoms with E-state index >= 15 is 0 Å². The lowest BCUT2D eigenvalue weighted by Crippen LogP contribution is -2.01. The molecule has 0 aliphatic heterocycles. The first-order valence-corrected chi connectivity index (χ1v) is 7.14. The number of aryl methyl sites for hydroxylation is 2. The molecule has 4 N–H and O–H groups in total. The molecular weight excluding hydrogens is 248 g/mol. The van der Waals surface area contributed by atoms with Gasteiger partial charge in [-0.15, -0.1) is 0 Å². The van der Waals surface area contributed by atoms with Crippen LogP contribution in [0.25, 0.3) is 11.4 Å². The summed E-state index contributed by atoms with van der Waals surface area (Å²) in [5, 5.41) is 0. The van der Waals surface area contributed by atoms with Gasteiger partial charge in [-0.05, 0) is 62.0 Å². The van der Waals surface area contributed by atoms with Crippen LogP contribution in [-0.2, 0) is 12.8 Å². The Morgan fingerprint density at radius 3 is 1.45 bits per heavy atom. The van der Waals surface area contributed by atoms with Gasteiger partial charge >= 0.3 is 0 Å². The van der Waals surface area contributed by atoms with Gasteiger partial charge in [0, 0.05) is 12.4 Å². The van der Waals surface area contributed by atoms with E-state index in [0.29, 0.717) is 13.1 Å². The smallest absolute Gasteiger partial charge is 0.0886 e. The normalized spacial score (nSPS) is 10.7. The zero-order chi connectivity index (χ0) is 14.2. The van der Waals surface area contributed by atoms with Gasteiger partial charge in [0.25, 0.3) is 0 Å². The van der Waals surface area contributed by atoms with Crippen molar-refractivity contribution in [3.63, 3.8) is 0 Å². The van der Waals surface area contributed by atoms with Crippen LogP contribution in [0.15, 0.2) is 36.7 Å². The average Bonchev–Trinajstić information content (AvgIpc) is 2.52. The summed E-state index contributed by atoms with van der Waals surface area (Å²) in [5.41, 5.74) is 15.3. The fourth-order valence-electron chi connectivity index (χ4n) is 2.06. The fraction of sp³-hybridized carbons (Fsp3) is 0.375. The number of nitrogens with zero attached hydrogens (tertiary/aromatic N) is 2. The summed E-state index contributed by atoms with van der Waals surface area (Å²) >= 11 is 0. The third-order valence-corrected chi connectivity index (χ3v) is 3.25. The van der Waals surface area contributed by atoms with E-state index in [1.165, 1.54) is 11.1 Å². The van der Waals surface area contributed by atoms with Gasteiger partial charge in [-0.25, -0.2) is 0 Å². The van der Waals surface area contributed by atoms with Crippen molar-refractivity contribution < 1.29 is 0 Å². The molecule has 4 nitrogen and oxygen atoms in total. The van der Waals surface area contributed by atoms with Crippen molar-refractivity contribution in [1.82, 2.24) is 9.97 Å². The molecule has 0 amide bonds. The largest absolute Gasteiger partial charge is 0.330 e. The molecule has 2 rings (SSSR count). The van der Waals surface area contributed by atoms with Crippen LogP contribution < -0.4 is 11.5 Å². The van der Waals surface area contributed by atoms with E-state index in [9.17, 15) is 0 Å². The zero-order valence-electron chi connectivity index (χ0n) is 11.8. The van der Waals surface area contributed by atoms with Crippen LogP contribution in [0, 0.1) is 0 Å². The van der Waals surface area contributed by atoms with E-state index in [4.69, 9.17) is 11.5 Å². The lowest BCUT2D eigenvalue weighted by molar-refractivity contribution is 0.827. The van der Waals surface area contributed by atoms with Gasteiger partial charge in [-0.3, -0.25) is 9.97 Å². The van der Waals surface area contributed by atoms with E-state index in [0.717, 1.165) is 37.1 Å². The number of nitrogens with two attached hydrogens (primary N) is 2. The summed E-state index contributed by atoms with van der Waals surface area (Å²) in [7, 11) is 0. The molecule has 0 radical (unpaired) electrons. The summed E-state index contributed by atoms with van der Waals surface area (Å²) < 4.78 is 0. The first-order chi connectivity index (χ1) is 9.83. The molecule has 0 fully saturated rings. The summed E-state index contributed by atoms with van der Waals surface area (Å²) in [5.74, 6) is 0. The lowest BCUT2D eigenvalue weighted by Gasteiger charge is -2.04. The Morgan fingerprint density at radius 2 is 1.15 bits per heavy atom. The van der Waals surface area contributed by atoms with Crippen LogP contribution in [0.3, 0.4) is 0 Å². The van der Waals surface area contributed by atoms with Gasteiger partial charge in [0.15, 0.2) is 0 Å². The van der Waals surface area contributed by atoms with Crippen LogP contribution in [0.1, 0.15) is 24.0 Å². The molecule has 0 bridgehead atoms. The number of rotatable bonds is 7. The van der Waals surface area contributed by atoms with Crippen molar-refractivity contribution in [2.45, 2.75) is 25.7 Å². The minimum absolute atomic E-state index is 0.716. The number of hydrogen-bond acceptors (Lipinski definition) is 4. The molecule has 0 unspecified atom stereocenters. The highest BCUT2D eigenvalue weighted by atomic mass is 14.8. The Hall–Kier alpha value is -1.78. The van der Waals surface area contributed by atoms with Gasteiger partial charge < -0.3 is 11.5 Å². The second kappa shape index (κ2) is 7.72. The molecule has 0 aliphatic carbocycles. The number of aromatic nitrogens is 2. The number of pyridine rings is 2. The Kier molecular flexibility index (Phi) is 5.65. The molecule has 0 aromatic carbocycles. The Morgan fingerprint density at radius 1 is 0.700 bits per heavy atom. The summed E-state index contributed by atoms with van der Waals surface area (Å²) in [4.78, 5) is 8.94. The van der Waals surface area contributed by atoms with E-state index in [2.05, 4.69) is 22.1 Å². The Labute approximate surface area is 120 Å². The highest BCUT2D eigenvalue weighted by Gasteiger charge is 2.02. The van der Waals surface area contributed by atoms with Gasteiger partial charge in [0.05, 0.1) is 11.4 Å². The second-order valence-corrected chi connectivity index (χ2v) is 4.89. The first kappa shape index (κ1) is 14.6. The van der Waals surface area contributed by atoms with Crippen LogP contribution in [0.4, 0.5) is 0 Å². The van der Waals surface area contributed by atoms with E-state index < -0.39 is 0 Å². The summed E-state index contributed by atoms with van der Waals surface area (Å²) in [6, 6.07) is 8.24. The molecule has 106 valence electrons. The molecule has 2 heterocycles. The molecule has 2 aromatic rings. The minimum Gasteiger partial charge on any atom is -0.330 e. The standard InChI is InChI=1S/C16H22N4/c17-9-1-3-13-5-7-15(19-11-13)16-8-6-14(12-20-16)4-2-10-18/h5-8,11-12H,1-4,9-10,17-18H2. The van der Waals surface area contributed by atoms with Crippen molar-refractivity contribution in [2.75, 3.05) is 13.1 Å². The fourth-order valence-corrected chi connectivity index (χ4v) is 2.06. The Bertz CT molecular complexity index is 456. The third-order valence-electron chi connectivity index (χ3n) is 3.25. The molecule has 0 aliphatic rings. The van der Waals surface area contributed by atoms with Crippen LogP contribution in [0.5, 0.6) is 0 Å². The molecule has 4 heteroatoms. The molecule has 0 saturated heterocycles. The topological polar surface area (TPSA) is 77.8 Å². The van der Waals surface area contributed by atoms with Crippen molar-refractivity contribution in [2.24, 2.45) is 11.5 Å². The van der Waals surface area contributed by atoms with Crippen molar-refractivity contribution >= 4 is 0 Å². The van der Waals surface area contributed by atoms with Crippen molar-refractivity contribution in [3.05, 3.63) is 47.8 Å². The predicted molar refractivity (Wildman–Crippen MR) is 82.2 cm³/mol. The van der Waals surface area contributed by atoms with Crippen LogP contribution in [-0.4, -0.2) is 23.1 Å². The molecular formula is C16H22N4. The van der Waals surface area contributed by atoms with Gasteiger partial charge in [0.2, 0.25) is 0 Å². The maximum Gasteiger partial charge on any atom is 0.0886 e. The van der Waals surface area contributed by atoms with Crippen molar-refractivity contribution in [1.29, 1.82) is 0 Å². The minimum atomic E-state index is 0.716. The van der Waals surface area contributed by atoms with Crippen LogP contribution >= 0.6 is 0 Å². The van der Waals surface area contributed by atoms with Gasteiger partial charge in [0.1, 0.15) is 0 Å². The third kappa shape index (κ3) is 4.11. The van der Waals surface area contributed by atoms with Crippen LogP contribution in [0.2, 0.25) is 0 Å². The maximum atomic E-state index is 5.51. The van der Waals surface area contributed by atoms with E-state index in [1.54, 1.807) is 0 Å². The average molecular weight is 270 g/mol. The molecule has 0 saturated carbocycles. The quantitative estimate of drug-likeness (QED) is 0.806. The first-order valence-electron chi connectivity index (χ1n) is 7.14. The molecule has 0 atom stereocenters. The van der Waals surface area contributed by atoms with Gasteiger partial charge in [-0.1, -0.05) is 12.1 Å². The maximum absolute atomic E-state index is 5.51. The van der Waals surface area contributed by atoms with Crippen molar-refractivity contribution in [3.8, 4) is 11.4 Å². The lowest BCUT2D eigenvalue weighted by atomic mass is 10.1. The van der Waals surface area contributed by atoms with Gasteiger partial charge in [-0.2, -0.15) is 0 Å². The molecule has 20 heavy (non-hydrogen) atoms. The summed E-state index contributed by atoms with van der Waals surface area (Å²) in [6.07, 6.45) is 7.78. The number of hydrogen-bond donors (Lipinski definition) is 2.